The van der Waals surface area contributed by atoms with Gasteiger partial charge in [0.25, 0.3) is 0 Å². The quantitative estimate of drug-likeness (QED) is 0.747. The highest BCUT2D eigenvalue weighted by atomic mass is 35.5. The van der Waals surface area contributed by atoms with Gasteiger partial charge in [0, 0.05) is 17.0 Å². The van der Waals surface area contributed by atoms with Crippen LogP contribution in [0.2, 0.25) is 5.15 Å². The summed E-state index contributed by atoms with van der Waals surface area (Å²) in [6.07, 6.45) is 2.38. The number of hydrogen-bond donors (Lipinski definition) is 0. The first kappa shape index (κ1) is 10.7. The van der Waals surface area contributed by atoms with Gasteiger partial charge < -0.3 is 0 Å². The smallest absolute Gasteiger partial charge is 0.136 e. The molecule has 0 atom stereocenters. The molecule has 0 unspecified atom stereocenters. The fourth-order valence-electron chi connectivity index (χ4n) is 1.91. The molecule has 1 aliphatic carbocycles. The van der Waals surface area contributed by atoms with Gasteiger partial charge in [-0.1, -0.05) is 41.9 Å². The Morgan fingerprint density at radius 2 is 1.82 bits per heavy atom. The molecule has 0 aliphatic heterocycles. The molecule has 1 heterocycles. The molecule has 0 radical (unpaired) electrons. The molecular formula is C14H13ClN2. The maximum absolute atomic E-state index is 6.19. The van der Waals surface area contributed by atoms with E-state index in [2.05, 4.69) is 22.1 Å². The number of hydrogen-bond acceptors (Lipinski definition) is 2. The van der Waals surface area contributed by atoms with Crippen molar-refractivity contribution in [2.75, 3.05) is 0 Å². The lowest BCUT2D eigenvalue weighted by Crippen LogP contribution is -1.99. The lowest BCUT2D eigenvalue weighted by Gasteiger charge is -2.08. The monoisotopic (exact) mass is 244 g/mol. The molecule has 0 amide bonds. The van der Waals surface area contributed by atoms with Gasteiger partial charge in [0.05, 0.1) is 5.69 Å². The lowest BCUT2D eigenvalue weighted by molar-refractivity contribution is 0.922. The van der Waals surface area contributed by atoms with Crippen LogP contribution in [0.5, 0.6) is 0 Å². The second-order valence-electron chi connectivity index (χ2n) is 4.49. The van der Waals surface area contributed by atoms with Crippen molar-refractivity contribution in [2.24, 2.45) is 0 Å². The van der Waals surface area contributed by atoms with Crippen molar-refractivity contribution >= 4 is 11.6 Å². The fraction of sp³-hybridized carbons (Fsp3) is 0.286. The zero-order chi connectivity index (χ0) is 11.8. The number of nitrogens with zero attached hydrogens (tertiary/aromatic N) is 2. The van der Waals surface area contributed by atoms with E-state index < -0.39 is 0 Å². The molecule has 3 rings (SSSR count). The largest absolute Gasteiger partial charge is 0.232 e. The number of aromatic nitrogens is 2. The van der Waals surface area contributed by atoms with E-state index in [9.17, 15) is 0 Å². The minimum atomic E-state index is 0.524. The molecule has 1 saturated carbocycles. The molecule has 3 heteroatoms. The Balaban J connectivity index is 2.14. The van der Waals surface area contributed by atoms with Crippen molar-refractivity contribution in [3.05, 3.63) is 46.9 Å². The summed E-state index contributed by atoms with van der Waals surface area (Å²) in [6.45, 7) is 1.97. The van der Waals surface area contributed by atoms with Crippen LogP contribution in [-0.2, 0) is 0 Å². The van der Waals surface area contributed by atoms with E-state index in [1.807, 2.05) is 25.1 Å². The average Bonchev–Trinajstić information content (AvgIpc) is 3.18. The Bertz CT molecular complexity index is 548. The van der Waals surface area contributed by atoms with Crippen molar-refractivity contribution in [1.29, 1.82) is 0 Å². The van der Waals surface area contributed by atoms with Gasteiger partial charge >= 0.3 is 0 Å². The fourth-order valence-corrected chi connectivity index (χ4v) is 2.08. The van der Waals surface area contributed by atoms with Crippen LogP contribution in [0.25, 0.3) is 11.3 Å². The minimum absolute atomic E-state index is 0.524. The average molecular weight is 245 g/mol. The third kappa shape index (κ3) is 2.05. The van der Waals surface area contributed by atoms with Gasteiger partial charge in [-0.2, -0.15) is 0 Å². The van der Waals surface area contributed by atoms with Crippen LogP contribution in [0.1, 0.15) is 30.1 Å². The summed E-state index contributed by atoms with van der Waals surface area (Å²) < 4.78 is 0. The predicted octanol–water partition coefficient (Wildman–Crippen LogP) is 3.98. The van der Waals surface area contributed by atoms with Crippen molar-refractivity contribution in [3.63, 3.8) is 0 Å². The first-order chi connectivity index (χ1) is 8.25. The molecule has 86 valence electrons. The summed E-state index contributed by atoms with van der Waals surface area (Å²) >= 11 is 6.19. The molecular weight excluding hydrogens is 232 g/mol. The lowest BCUT2D eigenvalue weighted by atomic mass is 10.1. The van der Waals surface area contributed by atoms with Crippen LogP contribution in [0.3, 0.4) is 0 Å². The molecule has 1 fully saturated rings. The topological polar surface area (TPSA) is 25.8 Å². The van der Waals surface area contributed by atoms with Crippen LogP contribution in [-0.4, -0.2) is 9.97 Å². The highest BCUT2D eigenvalue weighted by Crippen LogP contribution is 2.39. The molecule has 0 bridgehead atoms. The Hall–Kier alpha value is -1.41. The van der Waals surface area contributed by atoms with Gasteiger partial charge in [0.1, 0.15) is 11.0 Å². The molecule has 2 nitrogen and oxygen atoms in total. The second kappa shape index (κ2) is 4.11. The number of benzene rings is 1. The molecule has 17 heavy (non-hydrogen) atoms. The van der Waals surface area contributed by atoms with Gasteiger partial charge in [0.2, 0.25) is 0 Å². The van der Waals surface area contributed by atoms with Crippen LogP contribution in [0.15, 0.2) is 30.3 Å². The summed E-state index contributed by atoms with van der Waals surface area (Å²) in [7, 11) is 0. The Morgan fingerprint density at radius 1 is 1.12 bits per heavy atom. The van der Waals surface area contributed by atoms with Gasteiger partial charge in [0.15, 0.2) is 0 Å². The Labute approximate surface area is 106 Å². The van der Waals surface area contributed by atoms with Crippen LogP contribution in [0, 0.1) is 6.92 Å². The molecule has 0 spiro atoms. The molecule has 0 saturated heterocycles. The third-order valence-electron chi connectivity index (χ3n) is 3.09. The minimum Gasteiger partial charge on any atom is -0.232 e. The molecule has 0 N–H and O–H groups in total. The summed E-state index contributed by atoms with van der Waals surface area (Å²) in [4.78, 5) is 9.05. The highest BCUT2D eigenvalue weighted by molar-refractivity contribution is 6.30. The van der Waals surface area contributed by atoms with Crippen molar-refractivity contribution in [3.8, 4) is 11.3 Å². The Morgan fingerprint density at radius 3 is 2.47 bits per heavy atom. The highest BCUT2D eigenvalue weighted by Gasteiger charge is 2.28. The van der Waals surface area contributed by atoms with Crippen molar-refractivity contribution < 1.29 is 0 Å². The normalized spacial score (nSPS) is 14.9. The molecule has 1 aromatic heterocycles. The van der Waals surface area contributed by atoms with Crippen LogP contribution < -0.4 is 0 Å². The van der Waals surface area contributed by atoms with Gasteiger partial charge in [-0.25, -0.2) is 9.97 Å². The summed E-state index contributed by atoms with van der Waals surface area (Å²) in [5.41, 5.74) is 3.03. The zero-order valence-electron chi connectivity index (χ0n) is 9.65. The predicted molar refractivity (Wildman–Crippen MR) is 69.2 cm³/mol. The first-order valence-corrected chi connectivity index (χ1v) is 6.23. The van der Waals surface area contributed by atoms with Crippen molar-refractivity contribution in [1.82, 2.24) is 9.97 Å². The van der Waals surface area contributed by atoms with Crippen molar-refractivity contribution in [2.45, 2.75) is 25.7 Å². The zero-order valence-corrected chi connectivity index (χ0v) is 10.4. The van der Waals surface area contributed by atoms with Crippen LogP contribution >= 0.6 is 11.6 Å². The maximum atomic E-state index is 6.19. The van der Waals surface area contributed by atoms with Gasteiger partial charge in [-0.15, -0.1) is 0 Å². The third-order valence-corrected chi connectivity index (χ3v) is 3.46. The van der Waals surface area contributed by atoms with E-state index >= 15 is 0 Å². The summed E-state index contributed by atoms with van der Waals surface area (Å²) in [6, 6.07) is 10.2. The van der Waals surface area contributed by atoms with Crippen LogP contribution in [0.4, 0.5) is 0 Å². The Kier molecular flexibility index (Phi) is 2.60. The first-order valence-electron chi connectivity index (χ1n) is 5.85. The van der Waals surface area contributed by atoms with E-state index in [0.29, 0.717) is 11.1 Å². The standard InChI is InChI=1S/C14H13ClN2/c1-9-12(10-5-3-2-4-6-10)16-14(11-7-8-11)17-13(9)15/h2-6,11H,7-8H2,1H3. The maximum Gasteiger partial charge on any atom is 0.136 e. The summed E-state index contributed by atoms with van der Waals surface area (Å²) in [5, 5.41) is 0.584. The van der Waals surface area contributed by atoms with Gasteiger partial charge in [-0.05, 0) is 19.8 Å². The molecule has 1 aromatic carbocycles. The molecule has 2 aromatic rings. The van der Waals surface area contributed by atoms with E-state index in [-0.39, 0.29) is 0 Å². The number of halogens is 1. The molecule has 1 aliphatic rings. The SMILES string of the molecule is Cc1c(Cl)nc(C2CC2)nc1-c1ccccc1. The number of rotatable bonds is 2. The van der Waals surface area contributed by atoms with Gasteiger partial charge in [-0.3, -0.25) is 0 Å². The van der Waals surface area contributed by atoms with E-state index in [4.69, 9.17) is 11.6 Å². The summed E-state index contributed by atoms with van der Waals surface area (Å²) in [5.74, 6) is 1.43. The second-order valence-corrected chi connectivity index (χ2v) is 4.84. The van der Waals surface area contributed by atoms with E-state index in [1.54, 1.807) is 0 Å². The van der Waals surface area contributed by atoms with E-state index in [1.165, 1.54) is 12.8 Å². The van der Waals surface area contributed by atoms with E-state index in [0.717, 1.165) is 22.6 Å².